The maximum Gasteiger partial charge on any atom is 0.194 e. The molecular weight excluding hydrogens is 326 g/mol. The first-order valence-electron chi connectivity index (χ1n) is 9.48. The number of nitrogens with one attached hydrogen (secondary N) is 1. The maximum atomic E-state index is 5.65. The molecule has 0 amide bonds. The molecule has 1 atom stereocenters. The lowest BCUT2D eigenvalue weighted by Gasteiger charge is -2.25. The van der Waals surface area contributed by atoms with E-state index in [2.05, 4.69) is 46.5 Å². The summed E-state index contributed by atoms with van der Waals surface area (Å²) in [7, 11) is 0. The molecule has 4 rings (SSSR count). The van der Waals surface area contributed by atoms with Gasteiger partial charge in [0.15, 0.2) is 5.96 Å². The van der Waals surface area contributed by atoms with Crippen LogP contribution in [0, 0.1) is 5.41 Å². The predicted molar refractivity (Wildman–Crippen MR) is 102 cm³/mol. The van der Waals surface area contributed by atoms with Crippen LogP contribution in [0.15, 0.2) is 47.7 Å². The van der Waals surface area contributed by atoms with Crippen molar-refractivity contribution in [2.45, 2.75) is 26.3 Å². The predicted octanol–water partition coefficient (Wildman–Crippen LogP) is 2.45. The van der Waals surface area contributed by atoms with Crippen LogP contribution in [0.2, 0.25) is 0 Å². The van der Waals surface area contributed by atoms with Crippen LogP contribution in [0.25, 0.3) is 5.69 Å². The second-order valence-electron chi connectivity index (χ2n) is 7.26. The van der Waals surface area contributed by atoms with E-state index < -0.39 is 0 Å². The summed E-state index contributed by atoms with van der Waals surface area (Å²) in [5, 5.41) is 7.72. The van der Waals surface area contributed by atoms with E-state index in [0.717, 1.165) is 44.5 Å². The Balaban J connectivity index is 1.43. The lowest BCUT2D eigenvalue weighted by molar-refractivity contribution is 0.156. The monoisotopic (exact) mass is 353 g/mol. The number of hydrogen-bond donors (Lipinski definition) is 1. The quantitative estimate of drug-likeness (QED) is 0.678. The van der Waals surface area contributed by atoms with Crippen LogP contribution >= 0.6 is 0 Å². The highest BCUT2D eigenvalue weighted by Crippen LogP contribution is 2.38. The zero-order valence-corrected chi connectivity index (χ0v) is 15.4. The first-order valence-corrected chi connectivity index (χ1v) is 9.48. The van der Waals surface area contributed by atoms with Gasteiger partial charge in [-0.1, -0.05) is 12.1 Å². The molecule has 138 valence electrons. The van der Waals surface area contributed by atoms with Crippen molar-refractivity contribution in [1.29, 1.82) is 0 Å². The third kappa shape index (κ3) is 3.60. The van der Waals surface area contributed by atoms with Gasteiger partial charge >= 0.3 is 0 Å². The summed E-state index contributed by atoms with van der Waals surface area (Å²) < 4.78 is 7.51. The molecule has 1 unspecified atom stereocenters. The average molecular weight is 353 g/mol. The molecule has 26 heavy (non-hydrogen) atoms. The Labute approximate surface area is 154 Å². The van der Waals surface area contributed by atoms with Gasteiger partial charge in [-0.3, -0.25) is 0 Å². The zero-order valence-electron chi connectivity index (χ0n) is 15.4. The minimum Gasteiger partial charge on any atom is -0.381 e. The molecule has 0 radical (unpaired) electrons. The molecule has 0 bridgehead atoms. The van der Waals surface area contributed by atoms with Gasteiger partial charge in [-0.05, 0) is 43.5 Å². The van der Waals surface area contributed by atoms with Crippen molar-refractivity contribution >= 4 is 5.96 Å². The number of benzene rings is 1. The van der Waals surface area contributed by atoms with Gasteiger partial charge in [0.25, 0.3) is 0 Å². The number of aliphatic imine (C=N–C) groups is 1. The Morgan fingerprint density at radius 3 is 2.88 bits per heavy atom. The number of aromatic nitrogens is 2. The van der Waals surface area contributed by atoms with Crippen molar-refractivity contribution in [2.24, 2.45) is 10.4 Å². The Hall–Kier alpha value is -2.34. The van der Waals surface area contributed by atoms with Gasteiger partial charge in [0.05, 0.1) is 18.8 Å². The first kappa shape index (κ1) is 17.1. The fourth-order valence-electron chi connectivity index (χ4n) is 3.85. The molecule has 2 fully saturated rings. The Kier molecular flexibility index (Phi) is 4.93. The van der Waals surface area contributed by atoms with Gasteiger partial charge < -0.3 is 15.0 Å². The second-order valence-corrected chi connectivity index (χ2v) is 7.26. The molecular formula is C20H27N5O. The van der Waals surface area contributed by atoms with Crippen LogP contribution in [-0.4, -0.2) is 53.5 Å². The van der Waals surface area contributed by atoms with E-state index in [1.165, 1.54) is 18.4 Å². The van der Waals surface area contributed by atoms with Crippen molar-refractivity contribution in [1.82, 2.24) is 20.0 Å². The third-order valence-corrected chi connectivity index (χ3v) is 5.37. The lowest BCUT2D eigenvalue weighted by Crippen LogP contribution is -2.41. The average Bonchev–Trinajstić information content (AvgIpc) is 3.43. The minimum absolute atomic E-state index is 0.349. The van der Waals surface area contributed by atoms with Gasteiger partial charge in [-0.15, -0.1) is 0 Å². The standard InChI is InChI=1S/C20H27N5O/c1-2-21-19(24-12-8-20(15-24)9-13-26-16-20)22-14-17-4-6-18(7-5-17)25-11-3-10-23-25/h3-7,10-11H,2,8-9,12-16H2,1H3,(H,21,22). The smallest absolute Gasteiger partial charge is 0.194 e. The van der Waals surface area contributed by atoms with Crippen LogP contribution in [0.1, 0.15) is 25.3 Å². The molecule has 2 aliphatic rings. The number of likely N-dealkylation sites (tertiary alicyclic amines) is 1. The number of hydrogen-bond acceptors (Lipinski definition) is 3. The van der Waals surface area contributed by atoms with Gasteiger partial charge in [0.1, 0.15) is 0 Å². The molecule has 1 aromatic carbocycles. The topological polar surface area (TPSA) is 54.7 Å². The molecule has 1 N–H and O–H groups in total. The summed E-state index contributed by atoms with van der Waals surface area (Å²) in [6.07, 6.45) is 6.12. The van der Waals surface area contributed by atoms with Crippen LogP contribution < -0.4 is 5.32 Å². The van der Waals surface area contributed by atoms with Gasteiger partial charge in [0, 0.05) is 44.0 Å². The Bertz CT molecular complexity index is 732. The number of ether oxygens (including phenoxy) is 1. The summed E-state index contributed by atoms with van der Waals surface area (Å²) in [6.45, 7) is 7.62. The van der Waals surface area contributed by atoms with Crippen molar-refractivity contribution in [2.75, 3.05) is 32.8 Å². The molecule has 1 aromatic heterocycles. The SMILES string of the molecule is CCNC(=NCc1ccc(-n2cccn2)cc1)N1CCC2(CCOC2)C1. The highest BCUT2D eigenvalue weighted by atomic mass is 16.5. The van der Waals surface area contributed by atoms with E-state index in [0.29, 0.717) is 12.0 Å². The normalized spacial score (nSPS) is 23.1. The van der Waals surface area contributed by atoms with Gasteiger partial charge in [0.2, 0.25) is 0 Å². The van der Waals surface area contributed by atoms with Crippen molar-refractivity contribution in [3.05, 3.63) is 48.3 Å². The number of nitrogens with zero attached hydrogens (tertiary/aromatic N) is 4. The van der Waals surface area contributed by atoms with Crippen LogP contribution in [-0.2, 0) is 11.3 Å². The fourth-order valence-corrected chi connectivity index (χ4v) is 3.85. The van der Waals surface area contributed by atoms with Crippen LogP contribution in [0.3, 0.4) is 0 Å². The minimum atomic E-state index is 0.349. The highest BCUT2D eigenvalue weighted by molar-refractivity contribution is 5.80. The molecule has 0 saturated carbocycles. The summed E-state index contributed by atoms with van der Waals surface area (Å²) in [6, 6.07) is 10.4. The Morgan fingerprint density at radius 1 is 1.31 bits per heavy atom. The summed E-state index contributed by atoms with van der Waals surface area (Å²) in [4.78, 5) is 7.28. The second kappa shape index (κ2) is 7.50. The third-order valence-electron chi connectivity index (χ3n) is 5.37. The van der Waals surface area contributed by atoms with Crippen molar-refractivity contribution < 1.29 is 4.74 Å². The van der Waals surface area contributed by atoms with E-state index in [-0.39, 0.29) is 0 Å². The van der Waals surface area contributed by atoms with E-state index in [1.54, 1.807) is 6.20 Å². The number of guanidine groups is 1. The highest BCUT2D eigenvalue weighted by Gasteiger charge is 2.42. The van der Waals surface area contributed by atoms with Crippen molar-refractivity contribution in [3.63, 3.8) is 0 Å². The zero-order chi connectivity index (χ0) is 17.8. The molecule has 2 saturated heterocycles. The summed E-state index contributed by atoms with van der Waals surface area (Å²) in [5.41, 5.74) is 2.62. The van der Waals surface area contributed by atoms with Crippen LogP contribution in [0.4, 0.5) is 0 Å². The molecule has 2 aliphatic heterocycles. The Morgan fingerprint density at radius 2 is 2.19 bits per heavy atom. The molecule has 6 heteroatoms. The summed E-state index contributed by atoms with van der Waals surface area (Å²) in [5.74, 6) is 1.02. The van der Waals surface area contributed by atoms with E-state index in [1.807, 2.05) is 16.9 Å². The maximum absolute atomic E-state index is 5.65. The van der Waals surface area contributed by atoms with E-state index in [9.17, 15) is 0 Å². The van der Waals surface area contributed by atoms with Crippen molar-refractivity contribution in [3.8, 4) is 5.69 Å². The molecule has 0 aliphatic carbocycles. The van der Waals surface area contributed by atoms with E-state index >= 15 is 0 Å². The number of rotatable bonds is 4. The molecule has 6 nitrogen and oxygen atoms in total. The molecule has 3 heterocycles. The molecule has 1 spiro atoms. The van der Waals surface area contributed by atoms with Gasteiger partial charge in [-0.2, -0.15) is 5.10 Å². The van der Waals surface area contributed by atoms with Gasteiger partial charge in [-0.25, -0.2) is 9.67 Å². The van der Waals surface area contributed by atoms with Crippen LogP contribution in [0.5, 0.6) is 0 Å². The first-order chi connectivity index (χ1) is 12.8. The fraction of sp³-hybridized carbons (Fsp3) is 0.500. The largest absolute Gasteiger partial charge is 0.381 e. The lowest BCUT2D eigenvalue weighted by atomic mass is 9.87. The molecule has 2 aromatic rings. The van der Waals surface area contributed by atoms with E-state index in [4.69, 9.17) is 9.73 Å². The summed E-state index contributed by atoms with van der Waals surface area (Å²) >= 11 is 0.